The molecule has 2 aromatic carbocycles. The van der Waals surface area contributed by atoms with Crippen molar-refractivity contribution in [2.75, 3.05) is 11.9 Å². The monoisotopic (exact) mass is 390 g/mol. The zero-order valence-corrected chi connectivity index (χ0v) is 15.9. The van der Waals surface area contributed by atoms with Gasteiger partial charge in [0.05, 0.1) is 10.5 Å². The number of anilines is 1. The molecule has 0 spiro atoms. The molecule has 0 saturated heterocycles. The van der Waals surface area contributed by atoms with Crippen LogP contribution in [-0.4, -0.2) is 23.4 Å². The fourth-order valence-electron chi connectivity index (χ4n) is 2.51. The molecular weight excluding hydrogens is 372 g/mol. The molecule has 1 N–H and O–H groups in total. The Hall–Kier alpha value is -2.93. The van der Waals surface area contributed by atoms with E-state index in [-0.39, 0.29) is 16.5 Å². The molecule has 0 aromatic heterocycles. The molecule has 0 aliphatic rings. The smallest absolute Gasteiger partial charge is 0.338 e. The number of nitrogens with zero attached hydrogens (tertiary/aromatic N) is 1. The van der Waals surface area contributed by atoms with Crippen LogP contribution in [0.2, 0.25) is 5.02 Å². The SMILES string of the molecule is Cc1cccc(C(C)C)c1NC(=O)COC(=O)c1ccc(Cl)c([N+](=O)[O-])c1. The Morgan fingerprint density at radius 1 is 1.26 bits per heavy atom. The number of nitrogens with one attached hydrogen (secondary N) is 1. The van der Waals surface area contributed by atoms with Gasteiger partial charge >= 0.3 is 5.97 Å². The van der Waals surface area contributed by atoms with Crippen molar-refractivity contribution >= 4 is 34.9 Å². The van der Waals surface area contributed by atoms with Gasteiger partial charge in [-0.05, 0) is 36.1 Å². The molecule has 0 unspecified atom stereocenters. The van der Waals surface area contributed by atoms with Crippen LogP contribution in [0.1, 0.15) is 41.3 Å². The van der Waals surface area contributed by atoms with Crippen molar-refractivity contribution < 1.29 is 19.2 Å². The molecule has 0 radical (unpaired) electrons. The molecule has 2 rings (SSSR count). The second-order valence-electron chi connectivity index (χ2n) is 6.24. The maximum absolute atomic E-state index is 12.2. The standard InChI is InChI=1S/C19H19ClN2O5/c1-11(2)14-6-4-5-12(3)18(14)21-17(23)10-27-19(24)13-7-8-15(20)16(9-13)22(25)26/h4-9,11H,10H2,1-3H3,(H,21,23). The summed E-state index contributed by atoms with van der Waals surface area (Å²) in [6, 6.07) is 9.26. The molecule has 0 saturated carbocycles. The summed E-state index contributed by atoms with van der Waals surface area (Å²) in [6.45, 7) is 5.39. The first-order valence-electron chi connectivity index (χ1n) is 8.21. The lowest BCUT2D eigenvalue weighted by molar-refractivity contribution is -0.384. The van der Waals surface area contributed by atoms with Gasteiger partial charge in [0.25, 0.3) is 11.6 Å². The van der Waals surface area contributed by atoms with Gasteiger partial charge in [-0.3, -0.25) is 14.9 Å². The molecule has 0 aliphatic carbocycles. The Labute approximate surface area is 161 Å². The third kappa shape index (κ3) is 5.04. The fraction of sp³-hybridized carbons (Fsp3) is 0.263. The van der Waals surface area contributed by atoms with E-state index < -0.39 is 29.1 Å². The molecule has 142 valence electrons. The summed E-state index contributed by atoms with van der Waals surface area (Å²) >= 11 is 5.71. The van der Waals surface area contributed by atoms with Crippen LogP contribution < -0.4 is 5.32 Å². The number of hydrogen-bond acceptors (Lipinski definition) is 5. The quantitative estimate of drug-likeness (QED) is 0.445. The zero-order valence-electron chi connectivity index (χ0n) is 15.1. The Bertz CT molecular complexity index is 896. The van der Waals surface area contributed by atoms with Gasteiger partial charge < -0.3 is 10.1 Å². The van der Waals surface area contributed by atoms with Gasteiger partial charge in [-0.1, -0.05) is 43.6 Å². The summed E-state index contributed by atoms with van der Waals surface area (Å²) in [5, 5.41) is 13.6. The number of hydrogen-bond donors (Lipinski definition) is 1. The molecular formula is C19H19ClN2O5. The van der Waals surface area contributed by atoms with Crippen molar-refractivity contribution in [1.82, 2.24) is 0 Å². The van der Waals surface area contributed by atoms with E-state index in [1.165, 1.54) is 12.1 Å². The van der Waals surface area contributed by atoms with Crippen LogP contribution in [0.5, 0.6) is 0 Å². The van der Waals surface area contributed by atoms with E-state index >= 15 is 0 Å². The molecule has 27 heavy (non-hydrogen) atoms. The molecule has 0 fully saturated rings. The Balaban J connectivity index is 2.05. The lowest BCUT2D eigenvalue weighted by Crippen LogP contribution is -2.22. The summed E-state index contributed by atoms with van der Waals surface area (Å²) in [7, 11) is 0. The first-order chi connectivity index (χ1) is 12.7. The number of benzene rings is 2. The predicted octanol–water partition coefficient (Wildman–Crippen LogP) is 4.48. The summed E-state index contributed by atoms with van der Waals surface area (Å²) in [4.78, 5) is 34.4. The molecule has 0 bridgehead atoms. The molecule has 0 aliphatic heterocycles. The highest BCUT2D eigenvalue weighted by atomic mass is 35.5. The van der Waals surface area contributed by atoms with Gasteiger partial charge in [-0.25, -0.2) is 4.79 Å². The number of esters is 1. The Morgan fingerprint density at radius 3 is 2.59 bits per heavy atom. The maximum Gasteiger partial charge on any atom is 0.338 e. The van der Waals surface area contributed by atoms with Crippen molar-refractivity contribution in [2.24, 2.45) is 0 Å². The summed E-state index contributed by atoms with van der Waals surface area (Å²) in [6.07, 6.45) is 0. The maximum atomic E-state index is 12.2. The molecule has 0 heterocycles. The van der Waals surface area contributed by atoms with Crippen LogP contribution in [0.15, 0.2) is 36.4 Å². The van der Waals surface area contributed by atoms with Crippen LogP contribution >= 0.6 is 11.6 Å². The van der Waals surface area contributed by atoms with Crippen LogP contribution in [0, 0.1) is 17.0 Å². The highest BCUT2D eigenvalue weighted by Crippen LogP contribution is 2.27. The number of carbonyl (C=O) groups is 2. The van der Waals surface area contributed by atoms with Gasteiger partial charge in [0, 0.05) is 11.8 Å². The minimum absolute atomic E-state index is 0.0577. The minimum Gasteiger partial charge on any atom is -0.452 e. The lowest BCUT2D eigenvalue weighted by atomic mass is 9.98. The highest BCUT2D eigenvalue weighted by molar-refractivity contribution is 6.32. The number of nitro groups is 1. The Kier molecular flexibility index (Phi) is 6.52. The second kappa shape index (κ2) is 8.64. The van der Waals surface area contributed by atoms with Crippen molar-refractivity contribution in [1.29, 1.82) is 0 Å². The van der Waals surface area contributed by atoms with E-state index in [1.54, 1.807) is 0 Å². The van der Waals surface area contributed by atoms with E-state index in [1.807, 2.05) is 39.0 Å². The number of carbonyl (C=O) groups excluding carboxylic acids is 2. The first kappa shape index (κ1) is 20.4. The third-order valence-electron chi connectivity index (χ3n) is 3.90. The molecule has 7 nitrogen and oxygen atoms in total. The van der Waals surface area contributed by atoms with Crippen molar-refractivity contribution in [3.8, 4) is 0 Å². The van der Waals surface area contributed by atoms with E-state index in [0.29, 0.717) is 5.69 Å². The Morgan fingerprint density at radius 2 is 1.96 bits per heavy atom. The van der Waals surface area contributed by atoms with Crippen LogP contribution in [0.4, 0.5) is 11.4 Å². The summed E-state index contributed by atoms with van der Waals surface area (Å²) < 4.78 is 4.96. The van der Waals surface area contributed by atoms with E-state index in [4.69, 9.17) is 16.3 Å². The van der Waals surface area contributed by atoms with Crippen molar-refractivity contribution in [3.05, 3.63) is 68.2 Å². The summed E-state index contributed by atoms with van der Waals surface area (Å²) in [5.41, 5.74) is 2.10. The number of para-hydroxylation sites is 1. The topological polar surface area (TPSA) is 98.5 Å². The van der Waals surface area contributed by atoms with Crippen LogP contribution in [0.3, 0.4) is 0 Å². The highest BCUT2D eigenvalue weighted by Gasteiger charge is 2.18. The molecule has 0 atom stereocenters. The zero-order chi connectivity index (χ0) is 20.1. The van der Waals surface area contributed by atoms with E-state index in [9.17, 15) is 19.7 Å². The second-order valence-corrected chi connectivity index (χ2v) is 6.65. The first-order valence-corrected chi connectivity index (χ1v) is 8.59. The number of aryl methyl sites for hydroxylation is 1. The molecule has 8 heteroatoms. The normalized spacial score (nSPS) is 10.6. The van der Waals surface area contributed by atoms with Gasteiger partial charge in [0.2, 0.25) is 0 Å². The minimum atomic E-state index is -0.848. The fourth-order valence-corrected chi connectivity index (χ4v) is 2.70. The van der Waals surface area contributed by atoms with Crippen molar-refractivity contribution in [3.63, 3.8) is 0 Å². The van der Waals surface area contributed by atoms with E-state index in [0.717, 1.165) is 17.2 Å². The van der Waals surface area contributed by atoms with Gasteiger partial charge in [-0.15, -0.1) is 0 Å². The van der Waals surface area contributed by atoms with Gasteiger partial charge in [0.1, 0.15) is 5.02 Å². The van der Waals surface area contributed by atoms with E-state index in [2.05, 4.69) is 5.32 Å². The predicted molar refractivity (Wildman–Crippen MR) is 102 cm³/mol. The average Bonchev–Trinajstić information content (AvgIpc) is 2.61. The number of halogens is 1. The van der Waals surface area contributed by atoms with Crippen LogP contribution in [-0.2, 0) is 9.53 Å². The van der Waals surface area contributed by atoms with Gasteiger partial charge in [0.15, 0.2) is 6.61 Å². The van der Waals surface area contributed by atoms with Gasteiger partial charge in [-0.2, -0.15) is 0 Å². The third-order valence-corrected chi connectivity index (χ3v) is 4.22. The number of amides is 1. The number of ether oxygens (including phenoxy) is 1. The number of rotatable bonds is 6. The van der Waals surface area contributed by atoms with Crippen LogP contribution in [0.25, 0.3) is 0 Å². The molecule has 1 amide bonds. The number of nitro benzene ring substituents is 1. The lowest BCUT2D eigenvalue weighted by Gasteiger charge is -2.16. The largest absolute Gasteiger partial charge is 0.452 e. The average molecular weight is 391 g/mol. The molecule has 2 aromatic rings. The summed E-state index contributed by atoms with van der Waals surface area (Å²) in [5.74, 6) is -1.14. The van der Waals surface area contributed by atoms with Crippen molar-refractivity contribution in [2.45, 2.75) is 26.7 Å².